The van der Waals surface area contributed by atoms with Crippen LogP contribution in [0.4, 0.5) is 0 Å². The molecule has 0 unspecified atom stereocenters. The van der Waals surface area contributed by atoms with Crippen molar-refractivity contribution in [1.82, 2.24) is 9.88 Å². The summed E-state index contributed by atoms with van der Waals surface area (Å²) in [6, 6.07) is 4.69. The highest BCUT2D eigenvalue weighted by Gasteiger charge is 2.33. The van der Waals surface area contributed by atoms with E-state index in [-0.39, 0.29) is 12.0 Å². The molecule has 1 aliphatic heterocycles. The summed E-state index contributed by atoms with van der Waals surface area (Å²) in [5.74, 6) is 0.877. The van der Waals surface area contributed by atoms with Crippen molar-refractivity contribution in [2.45, 2.75) is 13.0 Å². The van der Waals surface area contributed by atoms with E-state index in [4.69, 9.17) is 9.15 Å². The van der Waals surface area contributed by atoms with Crippen LogP contribution in [0.25, 0.3) is 0 Å². The average Bonchev–Trinajstić information content (AvgIpc) is 2.40. The SMILES string of the molecule is Cc1cc(OC2CN(C(=O)c3cncc(Br)c3)C2)cc(=O)o1. The third-order valence-corrected chi connectivity index (χ3v) is 3.69. The number of likely N-dealkylation sites (tertiary alicyclic amines) is 1. The van der Waals surface area contributed by atoms with E-state index in [9.17, 15) is 9.59 Å². The molecular weight excluding hydrogens is 352 g/mol. The van der Waals surface area contributed by atoms with Gasteiger partial charge in [-0.3, -0.25) is 9.78 Å². The monoisotopic (exact) mass is 364 g/mol. The van der Waals surface area contributed by atoms with Gasteiger partial charge < -0.3 is 14.1 Å². The van der Waals surface area contributed by atoms with E-state index < -0.39 is 5.63 Å². The second kappa shape index (κ2) is 5.92. The molecule has 0 spiro atoms. The Hall–Kier alpha value is -2.15. The Labute approximate surface area is 134 Å². The number of hydrogen-bond donors (Lipinski definition) is 0. The second-order valence-electron chi connectivity index (χ2n) is 5.06. The van der Waals surface area contributed by atoms with Crippen molar-refractivity contribution in [1.29, 1.82) is 0 Å². The van der Waals surface area contributed by atoms with Crippen molar-refractivity contribution in [3.8, 4) is 5.75 Å². The van der Waals surface area contributed by atoms with Crippen molar-refractivity contribution in [2.75, 3.05) is 13.1 Å². The normalized spacial score (nSPS) is 14.5. The molecule has 0 aliphatic carbocycles. The van der Waals surface area contributed by atoms with Crippen LogP contribution in [0, 0.1) is 6.92 Å². The van der Waals surface area contributed by atoms with Crippen LogP contribution in [0.1, 0.15) is 16.1 Å². The average molecular weight is 365 g/mol. The molecule has 0 bridgehead atoms. The zero-order chi connectivity index (χ0) is 15.7. The van der Waals surface area contributed by atoms with Gasteiger partial charge in [0.1, 0.15) is 17.6 Å². The number of amides is 1. The van der Waals surface area contributed by atoms with E-state index in [0.29, 0.717) is 30.2 Å². The Kier molecular flexibility index (Phi) is 3.98. The molecule has 1 aliphatic rings. The Balaban J connectivity index is 1.60. The lowest BCUT2D eigenvalue weighted by Gasteiger charge is -2.38. The lowest BCUT2D eigenvalue weighted by atomic mass is 10.1. The maximum Gasteiger partial charge on any atom is 0.339 e. The van der Waals surface area contributed by atoms with Gasteiger partial charge in [0, 0.05) is 22.9 Å². The first-order valence-corrected chi connectivity index (χ1v) is 7.49. The number of nitrogens with zero attached hydrogens (tertiary/aromatic N) is 2. The van der Waals surface area contributed by atoms with Gasteiger partial charge in [0.05, 0.1) is 24.7 Å². The van der Waals surface area contributed by atoms with Crippen molar-refractivity contribution in [3.05, 3.63) is 56.8 Å². The minimum atomic E-state index is -0.442. The van der Waals surface area contributed by atoms with Gasteiger partial charge in [-0.2, -0.15) is 0 Å². The number of aryl methyl sites for hydroxylation is 1. The molecule has 1 fully saturated rings. The molecule has 0 N–H and O–H groups in total. The molecule has 0 atom stereocenters. The number of aromatic nitrogens is 1. The molecule has 3 rings (SSSR count). The molecule has 1 amide bonds. The zero-order valence-electron chi connectivity index (χ0n) is 11.8. The molecule has 2 aromatic rings. The summed E-state index contributed by atoms with van der Waals surface area (Å²) in [5, 5.41) is 0. The molecule has 1 saturated heterocycles. The molecule has 114 valence electrons. The Morgan fingerprint density at radius 3 is 2.82 bits per heavy atom. The van der Waals surface area contributed by atoms with Crippen molar-refractivity contribution < 1.29 is 13.9 Å². The van der Waals surface area contributed by atoms with Crippen LogP contribution in [0.5, 0.6) is 5.75 Å². The van der Waals surface area contributed by atoms with E-state index in [2.05, 4.69) is 20.9 Å². The maximum atomic E-state index is 12.2. The Morgan fingerprint density at radius 1 is 1.36 bits per heavy atom. The lowest BCUT2D eigenvalue weighted by Crippen LogP contribution is -2.56. The largest absolute Gasteiger partial charge is 0.486 e. The number of ether oxygens (including phenoxy) is 1. The van der Waals surface area contributed by atoms with Gasteiger partial charge in [0.2, 0.25) is 0 Å². The van der Waals surface area contributed by atoms with Crippen LogP contribution in [-0.4, -0.2) is 35.0 Å². The molecule has 6 nitrogen and oxygen atoms in total. The summed E-state index contributed by atoms with van der Waals surface area (Å²) in [6.07, 6.45) is 3.04. The van der Waals surface area contributed by atoms with Crippen molar-refractivity contribution >= 4 is 21.8 Å². The topological polar surface area (TPSA) is 72.6 Å². The van der Waals surface area contributed by atoms with E-state index in [1.165, 1.54) is 12.3 Å². The predicted molar refractivity (Wildman–Crippen MR) is 82.0 cm³/mol. The van der Waals surface area contributed by atoms with Crippen LogP contribution in [0.15, 0.2) is 44.3 Å². The molecular formula is C15H13BrN2O4. The van der Waals surface area contributed by atoms with Gasteiger partial charge in [0.15, 0.2) is 0 Å². The van der Waals surface area contributed by atoms with Crippen molar-refractivity contribution in [2.24, 2.45) is 0 Å². The lowest BCUT2D eigenvalue weighted by molar-refractivity contribution is 0.0174. The van der Waals surface area contributed by atoms with Crippen molar-refractivity contribution in [3.63, 3.8) is 0 Å². The van der Waals surface area contributed by atoms with Crippen LogP contribution in [-0.2, 0) is 0 Å². The first-order valence-electron chi connectivity index (χ1n) is 6.69. The minimum Gasteiger partial charge on any atom is -0.486 e. The van der Waals surface area contributed by atoms with Gasteiger partial charge >= 0.3 is 5.63 Å². The highest BCUT2D eigenvalue weighted by Crippen LogP contribution is 2.20. The first-order chi connectivity index (χ1) is 10.5. The molecule has 22 heavy (non-hydrogen) atoms. The molecule has 0 radical (unpaired) electrons. The number of halogens is 1. The van der Waals surface area contributed by atoms with E-state index >= 15 is 0 Å². The number of rotatable bonds is 3. The van der Waals surface area contributed by atoms with E-state index in [1.807, 2.05) is 0 Å². The highest BCUT2D eigenvalue weighted by atomic mass is 79.9. The van der Waals surface area contributed by atoms with Crippen LogP contribution in [0.3, 0.4) is 0 Å². The fourth-order valence-corrected chi connectivity index (χ4v) is 2.59. The quantitative estimate of drug-likeness (QED) is 0.832. The molecule has 3 heterocycles. The molecule has 0 saturated carbocycles. The van der Waals surface area contributed by atoms with Gasteiger partial charge in [-0.05, 0) is 28.9 Å². The van der Waals surface area contributed by atoms with Gasteiger partial charge in [-0.1, -0.05) is 0 Å². The fraction of sp³-hybridized carbons (Fsp3) is 0.267. The number of hydrogen-bond acceptors (Lipinski definition) is 5. The first kappa shape index (κ1) is 14.8. The fourth-order valence-electron chi connectivity index (χ4n) is 2.23. The smallest absolute Gasteiger partial charge is 0.339 e. The summed E-state index contributed by atoms with van der Waals surface area (Å²) >= 11 is 3.29. The summed E-state index contributed by atoms with van der Waals surface area (Å²) in [6.45, 7) is 2.64. The Bertz CT molecular complexity index is 768. The summed E-state index contributed by atoms with van der Waals surface area (Å²) < 4.78 is 11.3. The third kappa shape index (κ3) is 3.19. The minimum absolute atomic E-state index is 0.0857. The van der Waals surface area contributed by atoms with Crippen LogP contribution in [0.2, 0.25) is 0 Å². The van der Waals surface area contributed by atoms with Crippen LogP contribution >= 0.6 is 15.9 Å². The summed E-state index contributed by atoms with van der Waals surface area (Å²) in [4.78, 5) is 29.2. The Morgan fingerprint density at radius 2 is 2.14 bits per heavy atom. The number of carbonyl (C=O) groups excluding carboxylic acids is 1. The van der Waals surface area contributed by atoms with Gasteiger partial charge in [-0.25, -0.2) is 4.79 Å². The van der Waals surface area contributed by atoms with E-state index in [1.54, 1.807) is 30.2 Å². The number of carbonyl (C=O) groups is 1. The molecule has 0 aromatic carbocycles. The summed E-state index contributed by atoms with van der Waals surface area (Å²) in [5.41, 5.74) is 0.0893. The molecule has 2 aromatic heterocycles. The standard InChI is InChI=1S/C15H13BrN2O4/c1-9-2-12(4-14(19)21-9)22-13-7-18(8-13)15(20)10-3-11(16)6-17-5-10/h2-6,13H,7-8H2,1H3. The predicted octanol–water partition coefficient (Wildman–Crippen LogP) is 2.01. The highest BCUT2D eigenvalue weighted by molar-refractivity contribution is 9.10. The van der Waals surface area contributed by atoms with Gasteiger partial charge in [-0.15, -0.1) is 0 Å². The van der Waals surface area contributed by atoms with Gasteiger partial charge in [0.25, 0.3) is 5.91 Å². The van der Waals surface area contributed by atoms with Crippen LogP contribution < -0.4 is 10.4 Å². The second-order valence-corrected chi connectivity index (χ2v) is 5.98. The van der Waals surface area contributed by atoms with E-state index in [0.717, 1.165) is 4.47 Å². The molecule has 7 heteroatoms. The maximum absolute atomic E-state index is 12.2. The third-order valence-electron chi connectivity index (χ3n) is 3.26. The number of pyridine rings is 1. The summed E-state index contributed by atoms with van der Waals surface area (Å²) in [7, 11) is 0. The zero-order valence-corrected chi connectivity index (χ0v) is 13.4.